The van der Waals surface area contributed by atoms with E-state index in [9.17, 15) is 9.59 Å². The summed E-state index contributed by atoms with van der Waals surface area (Å²) in [4.78, 5) is 25.1. The predicted octanol–water partition coefficient (Wildman–Crippen LogP) is 2.36. The molecule has 1 saturated heterocycles. The van der Waals surface area contributed by atoms with E-state index in [1.165, 1.54) is 18.2 Å². The first-order valence-corrected chi connectivity index (χ1v) is 5.92. The molecule has 2 rings (SSSR count). The number of halogens is 1. The molecule has 0 N–H and O–H groups in total. The van der Waals surface area contributed by atoms with Crippen molar-refractivity contribution in [2.45, 2.75) is 13.8 Å². The molecule has 2 amide bonds. The number of imide groups is 1. The zero-order valence-corrected chi connectivity index (χ0v) is 10.7. The lowest BCUT2D eigenvalue weighted by atomic mass is 10.00. The zero-order valence-electron chi connectivity index (χ0n) is 9.98. The van der Waals surface area contributed by atoms with E-state index in [4.69, 9.17) is 16.9 Å². The number of carbonyl (C=O) groups excluding carboxylic acids is 2. The van der Waals surface area contributed by atoms with Crippen molar-refractivity contribution in [1.29, 1.82) is 5.26 Å². The van der Waals surface area contributed by atoms with Gasteiger partial charge in [-0.05, 0) is 18.2 Å². The number of hydrogen-bond donors (Lipinski definition) is 0. The third-order valence-corrected chi connectivity index (χ3v) is 3.59. The molecule has 1 aliphatic heterocycles. The zero-order chi connectivity index (χ0) is 13.4. The predicted molar refractivity (Wildman–Crippen MR) is 67.0 cm³/mol. The average molecular weight is 263 g/mol. The Morgan fingerprint density at radius 2 is 1.78 bits per heavy atom. The Labute approximate surface area is 110 Å². The third kappa shape index (κ3) is 1.77. The van der Waals surface area contributed by atoms with Gasteiger partial charge in [-0.25, -0.2) is 4.90 Å². The van der Waals surface area contributed by atoms with Gasteiger partial charge in [-0.15, -0.1) is 0 Å². The number of nitrogens with zero attached hydrogens (tertiary/aromatic N) is 2. The Hall–Kier alpha value is -1.86. The minimum atomic E-state index is -0.343. The van der Waals surface area contributed by atoms with Crippen LogP contribution in [-0.4, -0.2) is 11.8 Å². The van der Waals surface area contributed by atoms with E-state index in [0.717, 1.165) is 4.90 Å². The highest BCUT2D eigenvalue weighted by Crippen LogP contribution is 2.34. The molecule has 2 atom stereocenters. The van der Waals surface area contributed by atoms with Gasteiger partial charge >= 0.3 is 0 Å². The molecule has 1 aromatic carbocycles. The summed E-state index contributed by atoms with van der Waals surface area (Å²) in [6.07, 6.45) is 0. The molecule has 0 bridgehead atoms. The highest BCUT2D eigenvalue weighted by atomic mass is 35.5. The van der Waals surface area contributed by atoms with E-state index in [0.29, 0.717) is 11.3 Å². The van der Waals surface area contributed by atoms with Crippen LogP contribution in [0.2, 0.25) is 5.02 Å². The molecule has 0 spiro atoms. The Morgan fingerprint density at radius 3 is 2.22 bits per heavy atom. The van der Waals surface area contributed by atoms with Crippen LogP contribution < -0.4 is 4.90 Å². The van der Waals surface area contributed by atoms with Crippen LogP contribution in [0.25, 0.3) is 0 Å². The summed E-state index contributed by atoms with van der Waals surface area (Å²) in [5, 5.41) is 8.98. The minimum Gasteiger partial charge on any atom is -0.274 e. The number of anilines is 1. The van der Waals surface area contributed by atoms with Gasteiger partial charge < -0.3 is 0 Å². The fourth-order valence-electron chi connectivity index (χ4n) is 1.94. The summed E-state index contributed by atoms with van der Waals surface area (Å²) in [6.45, 7) is 3.45. The lowest BCUT2D eigenvalue weighted by Crippen LogP contribution is -2.30. The molecule has 0 aromatic heterocycles. The lowest BCUT2D eigenvalue weighted by Gasteiger charge is -2.16. The fourth-order valence-corrected chi connectivity index (χ4v) is 2.20. The molecule has 0 radical (unpaired) electrons. The van der Waals surface area contributed by atoms with E-state index in [-0.39, 0.29) is 28.7 Å². The molecular formula is C13H11ClN2O2. The minimum absolute atomic E-state index is 0.233. The molecule has 0 saturated carbocycles. The van der Waals surface area contributed by atoms with Crippen molar-refractivity contribution >= 4 is 29.1 Å². The fraction of sp³-hybridized carbons (Fsp3) is 0.308. The van der Waals surface area contributed by atoms with Crippen molar-refractivity contribution in [2.75, 3.05) is 4.90 Å². The first-order valence-electron chi connectivity index (χ1n) is 5.55. The van der Waals surface area contributed by atoms with Crippen molar-refractivity contribution in [3.8, 4) is 6.07 Å². The van der Waals surface area contributed by atoms with Crippen LogP contribution in [0.4, 0.5) is 5.69 Å². The summed E-state index contributed by atoms with van der Waals surface area (Å²) in [7, 11) is 0. The lowest BCUT2D eigenvalue weighted by molar-refractivity contribution is -0.122. The largest absolute Gasteiger partial charge is 0.274 e. The van der Waals surface area contributed by atoms with Crippen molar-refractivity contribution in [1.82, 2.24) is 0 Å². The van der Waals surface area contributed by atoms with Crippen LogP contribution >= 0.6 is 11.6 Å². The van der Waals surface area contributed by atoms with Crippen molar-refractivity contribution < 1.29 is 9.59 Å². The van der Waals surface area contributed by atoms with Gasteiger partial charge in [0.05, 0.1) is 22.3 Å². The van der Waals surface area contributed by atoms with Crippen LogP contribution in [0.5, 0.6) is 0 Å². The molecule has 18 heavy (non-hydrogen) atoms. The van der Waals surface area contributed by atoms with E-state index in [1.54, 1.807) is 13.8 Å². The first kappa shape index (κ1) is 12.6. The maximum atomic E-state index is 12.0. The summed E-state index contributed by atoms with van der Waals surface area (Å²) in [6, 6.07) is 6.47. The first-order chi connectivity index (χ1) is 8.47. The van der Waals surface area contributed by atoms with E-state index >= 15 is 0 Å². The van der Waals surface area contributed by atoms with Gasteiger partial charge in [0.15, 0.2) is 0 Å². The maximum Gasteiger partial charge on any atom is 0.237 e. The summed E-state index contributed by atoms with van der Waals surface area (Å²) >= 11 is 6.02. The quantitative estimate of drug-likeness (QED) is 0.730. The Kier molecular flexibility index (Phi) is 3.10. The molecule has 0 aliphatic carbocycles. The van der Waals surface area contributed by atoms with Crippen LogP contribution in [0.1, 0.15) is 19.4 Å². The molecule has 1 heterocycles. The highest BCUT2D eigenvalue weighted by Gasteiger charge is 2.43. The van der Waals surface area contributed by atoms with Gasteiger partial charge in [-0.1, -0.05) is 25.4 Å². The summed E-state index contributed by atoms with van der Waals surface area (Å²) in [5.41, 5.74) is 0.741. The van der Waals surface area contributed by atoms with Gasteiger partial charge in [0.25, 0.3) is 0 Å². The number of benzene rings is 1. The molecule has 1 aromatic rings. The van der Waals surface area contributed by atoms with Gasteiger partial charge in [-0.2, -0.15) is 5.26 Å². The maximum absolute atomic E-state index is 12.0. The molecule has 1 aliphatic rings. The molecule has 1 fully saturated rings. The topological polar surface area (TPSA) is 61.2 Å². The Bertz CT molecular complexity index is 557. The van der Waals surface area contributed by atoms with Gasteiger partial charge in [0.2, 0.25) is 11.8 Å². The number of amides is 2. The highest BCUT2D eigenvalue weighted by molar-refractivity contribution is 6.36. The second-order valence-corrected chi connectivity index (χ2v) is 4.77. The van der Waals surface area contributed by atoms with Crippen molar-refractivity contribution in [3.05, 3.63) is 28.8 Å². The van der Waals surface area contributed by atoms with Crippen LogP contribution in [0.15, 0.2) is 18.2 Å². The SMILES string of the molecule is CC1C(=O)N(c2ccc(C#N)cc2Cl)C(=O)C1C. The van der Waals surface area contributed by atoms with Gasteiger partial charge in [0.1, 0.15) is 0 Å². The third-order valence-electron chi connectivity index (χ3n) is 3.29. The Morgan fingerprint density at radius 1 is 1.22 bits per heavy atom. The van der Waals surface area contributed by atoms with Gasteiger partial charge in [-0.3, -0.25) is 9.59 Å². The van der Waals surface area contributed by atoms with E-state index < -0.39 is 0 Å². The molecule has 4 nitrogen and oxygen atoms in total. The monoisotopic (exact) mass is 262 g/mol. The van der Waals surface area contributed by atoms with Gasteiger partial charge in [0, 0.05) is 11.8 Å². The molecule has 2 unspecified atom stereocenters. The average Bonchev–Trinajstić information content (AvgIpc) is 2.55. The molecular weight excluding hydrogens is 252 g/mol. The van der Waals surface area contributed by atoms with Crippen LogP contribution in [-0.2, 0) is 9.59 Å². The smallest absolute Gasteiger partial charge is 0.237 e. The second-order valence-electron chi connectivity index (χ2n) is 4.37. The second kappa shape index (κ2) is 4.43. The van der Waals surface area contributed by atoms with E-state index in [2.05, 4.69) is 0 Å². The molecule has 92 valence electrons. The van der Waals surface area contributed by atoms with Crippen molar-refractivity contribution in [3.63, 3.8) is 0 Å². The van der Waals surface area contributed by atoms with Crippen LogP contribution in [0.3, 0.4) is 0 Å². The van der Waals surface area contributed by atoms with E-state index in [1.807, 2.05) is 6.07 Å². The number of carbonyl (C=O) groups is 2. The normalized spacial score (nSPS) is 23.3. The molecule has 5 heteroatoms. The summed E-state index contributed by atoms with van der Waals surface area (Å²) in [5.74, 6) is -1.19. The van der Waals surface area contributed by atoms with Crippen molar-refractivity contribution in [2.24, 2.45) is 11.8 Å². The number of nitriles is 1. The number of rotatable bonds is 1. The van der Waals surface area contributed by atoms with Crippen LogP contribution in [0, 0.1) is 23.2 Å². The number of hydrogen-bond acceptors (Lipinski definition) is 3. The summed E-state index contributed by atoms with van der Waals surface area (Å²) < 4.78 is 0. The Balaban J connectivity index is 2.47. The standard InChI is InChI=1S/C13H11ClN2O2/c1-7-8(2)13(18)16(12(7)17)11-4-3-9(6-15)5-10(11)14/h3-5,7-8H,1-2H3.